The molecule has 0 aliphatic carbocycles. The minimum Gasteiger partial charge on any atom is -0.383 e. The van der Waals surface area contributed by atoms with Crippen molar-refractivity contribution in [1.29, 1.82) is 0 Å². The Balaban J connectivity index is 1.86. The average Bonchev–Trinajstić information content (AvgIpc) is 3.14. The Morgan fingerprint density at radius 2 is 1.70 bits per heavy atom. The molecule has 8 heteroatoms. The molecule has 134 valence electrons. The molecule has 2 N–H and O–H groups in total. The number of anilines is 1. The van der Waals surface area contributed by atoms with Crippen LogP contribution in [0.25, 0.3) is 28.2 Å². The van der Waals surface area contributed by atoms with E-state index in [0.29, 0.717) is 16.7 Å². The molecule has 0 unspecified atom stereocenters. The van der Waals surface area contributed by atoms with Gasteiger partial charge in [0.1, 0.15) is 18.0 Å². The second kappa shape index (κ2) is 6.56. The first-order chi connectivity index (χ1) is 13.0. The summed E-state index contributed by atoms with van der Waals surface area (Å²) in [6, 6.07) is 11.4. The summed E-state index contributed by atoms with van der Waals surface area (Å²) in [4.78, 5) is 4.14. The molecule has 2 aromatic heterocycles. The molecule has 0 saturated heterocycles. The van der Waals surface area contributed by atoms with Crippen LogP contribution in [0.4, 0.5) is 19.0 Å². The third-order valence-electron chi connectivity index (χ3n) is 4.08. The number of aromatic nitrogens is 4. The summed E-state index contributed by atoms with van der Waals surface area (Å²) in [5.74, 6) is -2.03. The van der Waals surface area contributed by atoms with E-state index < -0.39 is 11.6 Å². The Labute approximate surface area is 151 Å². The van der Waals surface area contributed by atoms with Gasteiger partial charge >= 0.3 is 0 Å². The van der Waals surface area contributed by atoms with E-state index in [9.17, 15) is 13.2 Å². The van der Waals surface area contributed by atoms with E-state index in [2.05, 4.69) is 15.2 Å². The first kappa shape index (κ1) is 16.8. The second-order valence-corrected chi connectivity index (χ2v) is 5.76. The first-order valence-corrected chi connectivity index (χ1v) is 7.91. The van der Waals surface area contributed by atoms with Gasteiger partial charge in [0.25, 0.3) is 0 Å². The summed E-state index contributed by atoms with van der Waals surface area (Å²) in [6.07, 6.45) is 2.80. The highest BCUT2D eigenvalue weighted by atomic mass is 19.2. The summed E-state index contributed by atoms with van der Waals surface area (Å²) in [5.41, 5.74) is 7.69. The lowest BCUT2D eigenvalue weighted by Crippen LogP contribution is -2.04. The largest absolute Gasteiger partial charge is 0.383 e. The lowest BCUT2D eigenvalue weighted by Gasteiger charge is -2.11. The summed E-state index contributed by atoms with van der Waals surface area (Å²) in [5, 5.41) is 7.78. The Kier molecular flexibility index (Phi) is 4.08. The van der Waals surface area contributed by atoms with Crippen molar-refractivity contribution < 1.29 is 13.2 Å². The van der Waals surface area contributed by atoms with Crippen LogP contribution in [0.5, 0.6) is 0 Å². The minimum atomic E-state index is -1.03. The van der Waals surface area contributed by atoms with Gasteiger partial charge < -0.3 is 5.73 Å². The number of rotatable bonds is 3. The Morgan fingerprint density at radius 1 is 0.926 bits per heavy atom. The second-order valence-electron chi connectivity index (χ2n) is 5.76. The van der Waals surface area contributed by atoms with Crippen LogP contribution in [0, 0.1) is 17.5 Å². The maximum absolute atomic E-state index is 14.2. The van der Waals surface area contributed by atoms with Gasteiger partial charge in [0.15, 0.2) is 17.5 Å². The van der Waals surface area contributed by atoms with Crippen molar-refractivity contribution in [1.82, 2.24) is 19.7 Å². The number of hydrogen-bond donors (Lipinski definition) is 1. The van der Waals surface area contributed by atoms with Gasteiger partial charge in [-0.3, -0.25) is 4.57 Å². The van der Waals surface area contributed by atoms with Crippen LogP contribution in [-0.4, -0.2) is 19.7 Å². The van der Waals surface area contributed by atoms with Crippen LogP contribution in [0.15, 0.2) is 61.1 Å². The lowest BCUT2D eigenvalue weighted by molar-refractivity contribution is 0.504. The molecular weight excluding hydrogens is 355 g/mol. The number of nitrogens with zero attached hydrogens (tertiary/aromatic N) is 4. The topological polar surface area (TPSA) is 69.6 Å². The molecule has 0 saturated carbocycles. The van der Waals surface area contributed by atoms with Crippen molar-refractivity contribution in [3.05, 3.63) is 78.5 Å². The first-order valence-electron chi connectivity index (χ1n) is 7.91. The number of benzene rings is 2. The molecular formula is C19H12F3N5. The fraction of sp³-hybridized carbons (Fsp3) is 0. The minimum absolute atomic E-state index is 0.0541. The van der Waals surface area contributed by atoms with E-state index in [1.807, 2.05) is 0 Å². The Morgan fingerprint density at radius 3 is 2.48 bits per heavy atom. The Hall–Kier alpha value is -3.68. The molecule has 0 bridgehead atoms. The summed E-state index contributed by atoms with van der Waals surface area (Å²) < 4.78 is 42.3. The predicted molar refractivity (Wildman–Crippen MR) is 94.3 cm³/mol. The standard InChI is InChI=1S/C19H12F3N5/c20-13-6-4-11(5-7-13)12-8-14(18(23)24-9-12)19-26-25-10-27(19)16-3-1-2-15(21)17(16)22/h1-10H,(H2,23,24). The number of nitrogen functional groups attached to an aromatic ring is 1. The van der Waals surface area contributed by atoms with Crippen molar-refractivity contribution in [2.45, 2.75) is 0 Å². The Bertz CT molecular complexity index is 1120. The summed E-state index contributed by atoms with van der Waals surface area (Å²) in [7, 11) is 0. The zero-order valence-corrected chi connectivity index (χ0v) is 13.8. The molecule has 0 radical (unpaired) electrons. The molecule has 0 atom stereocenters. The van der Waals surface area contributed by atoms with Crippen molar-refractivity contribution in [3.8, 4) is 28.2 Å². The average molecular weight is 367 g/mol. The van der Waals surface area contributed by atoms with Gasteiger partial charge in [0, 0.05) is 11.8 Å². The van der Waals surface area contributed by atoms with E-state index in [1.165, 1.54) is 41.4 Å². The number of halogens is 3. The molecule has 4 aromatic rings. The van der Waals surface area contributed by atoms with Crippen LogP contribution in [0.1, 0.15) is 0 Å². The fourth-order valence-electron chi connectivity index (χ4n) is 2.73. The molecule has 0 amide bonds. The fourth-order valence-corrected chi connectivity index (χ4v) is 2.73. The van der Waals surface area contributed by atoms with E-state index in [4.69, 9.17) is 5.73 Å². The van der Waals surface area contributed by atoms with Crippen LogP contribution in [-0.2, 0) is 0 Å². The van der Waals surface area contributed by atoms with E-state index in [1.54, 1.807) is 18.2 Å². The highest BCUT2D eigenvalue weighted by molar-refractivity contribution is 5.76. The maximum atomic E-state index is 14.2. The molecule has 2 aromatic carbocycles. The monoisotopic (exact) mass is 367 g/mol. The van der Waals surface area contributed by atoms with Gasteiger partial charge in [0.05, 0.1) is 11.3 Å². The van der Waals surface area contributed by atoms with Gasteiger partial charge in [-0.15, -0.1) is 10.2 Å². The molecule has 0 fully saturated rings. The van der Waals surface area contributed by atoms with Gasteiger partial charge in [-0.2, -0.15) is 0 Å². The number of hydrogen-bond acceptors (Lipinski definition) is 4. The number of nitrogens with two attached hydrogens (primary N) is 1. The molecule has 0 aliphatic rings. The molecule has 4 rings (SSSR count). The van der Waals surface area contributed by atoms with Gasteiger partial charge in [-0.05, 0) is 35.9 Å². The van der Waals surface area contributed by atoms with Crippen LogP contribution in [0.2, 0.25) is 0 Å². The van der Waals surface area contributed by atoms with Crippen LogP contribution < -0.4 is 5.73 Å². The zero-order chi connectivity index (χ0) is 19.0. The highest BCUT2D eigenvalue weighted by Gasteiger charge is 2.18. The summed E-state index contributed by atoms with van der Waals surface area (Å²) in [6.45, 7) is 0. The van der Waals surface area contributed by atoms with Gasteiger partial charge in [-0.25, -0.2) is 18.2 Å². The highest BCUT2D eigenvalue weighted by Crippen LogP contribution is 2.30. The third kappa shape index (κ3) is 3.01. The molecule has 5 nitrogen and oxygen atoms in total. The van der Waals surface area contributed by atoms with Crippen molar-refractivity contribution in [2.24, 2.45) is 0 Å². The predicted octanol–water partition coefficient (Wildman–Crippen LogP) is 4.00. The van der Waals surface area contributed by atoms with Gasteiger partial charge in [0.2, 0.25) is 0 Å². The van der Waals surface area contributed by atoms with E-state index in [-0.39, 0.29) is 23.1 Å². The maximum Gasteiger partial charge on any atom is 0.182 e. The smallest absolute Gasteiger partial charge is 0.182 e. The van der Waals surface area contributed by atoms with Gasteiger partial charge in [-0.1, -0.05) is 18.2 Å². The van der Waals surface area contributed by atoms with Crippen molar-refractivity contribution in [3.63, 3.8) is 0 Å². The normalized spacial score (nSPS) is 10.9. The summed E-state index contributed by atoms with van der Waals surface area (Å²) >= 11 is 0. The van der Waals surface area contributed by atoms with Crippen LogP contribution >= 0.6 is 0 Å². The molecule has 27 heavy (non-hydrogen) atoms. The van der Waals surface area contributed by atoms with E-state index in [0.717, 1.165) is 6.07 Å². The number of pyridine rings is 1. The van der Waals surface area contributed by atoms with Crippen LogP contribution in [0.3, 0.4) is 0 Å². The third-order valence-corrected chi connectivity index (χ3v) is 4.08. The SMILES string of the molecule is Nc1ncc(-c2ccc(F)cc2)cc1-c1nncn1-c1cccc(F)c1F. The molecule has 0 aliphatic heterocycles. The van der Waals surface area contributed by atoms with Crippen molar-refractivity contribution >= 4 is 5.82 Å². The van der Waals surface area contributed by atoms with E-state index >= 15 is 0 Å². The molecule has 0 spiro atoms. The quantitative estimate of drug-likeness (QED) is 0.594. The molecule has 2 heterocycles. The zero-order valence-electron chi connectivity index (χ0n) is 13.8. The lowest BCUT2D eigenvalue weighted by atomic mass is 10.1. The van der Waals surface area contributed by atoms with Crippen molar-refractivity contribution in [2.75, 3.05) is 5.73 Å².